The van der Waals surface area contributed by atoms with Crippen molar-refractivity contribution in [3.63, 3.8) is 0 Å². The summed E-state index contributed by atoms with van der Waals surface area (Å²) in [5.41, 5.74) is 0. The van der Waals surface area contributed by atoms with E-state index in [1.165, 1.54) is 103 Å². The third kappa shape index (κ3) is 26.9. The molecule has 0 spiro atoms. The molecule has 0 heterocycles. The Labute approximate surface area is 213 Å². The lowest BCUT2D eigenvalue weighted by atomic mass is 10.0. The third-order valence-corrected chi connectivity index (χ3v) is 7.05. The summed E-state index contributed by atoms with van der Waals surface area (Å²) in [5, 5.41) is 0. The largest absolute Gasteiger partial charge is 0.135 e. The molecule has 0 aliphatic heterocycles. The molecule has 0 amide bonds. The van der Waals surface area contributed by atoms with Gasteiger partial charge in [0, 0.05) is 0 Å². The summed E-state index contributed by atoms with van der Waals surface area (Å²) in [4.78, 5) is 0. The highest BCUT2D eigenvalue weighted by Crippen LogP contribution is 2.39. The second-order valence-electron chi connectivity index (χ2n) is 7.39. The van der Waals surface area contributed by atoms with E-state index in [1.54, 1.807) is 0 Å². The molecular weight excluding hydrogens is 720 g/mol. The van der Waals surface area contributed by atoms with E-state index in [1.807, 2.05) is 0 Å². The molecule has 0 aliphatic carbocycles. The smallest absolute Gasteiger partial charge is 0.0599 e. The van der Waals surface area contributed by atoms with Gasteiger partial charge in [0.25, 0.3) is 0 Å². The summed E-state index contributed by atoms with van der Waals surface area (Å²) < 4.78 is -0.0672. The second-order valence-corrected chi connectivity index (χ2v) is 21.9. The maximum absolute atomic E-state index is 3.56. The molecule has 158 valence electrons. The van der Waals surface area contributed by atoms with Gasteiger partial charge in [-0.3, -0.25) is 0 Å². The first-order chi connectivity index (χ1) is 12.2. The van der Waals surface area contributed by atoms with Crippen LogP contribution in [0.1, 0.15) is 116 Å². The van der Waals surface area contributed by atoms with Gasteiger partial charge in [-0.05, 0) is 12.8 Å². The van der Waals surface area contributed by atoms with E-state index in [0.29, 0.717) is 0 Å². The van der Waals surface area contributed by atoms with Gasteiger partial charge in [-0.15, -0.1) is 0 Å². The predicted molar refractivity (Wildman–Crippen MR) is 142 cm³/mol. The van der Waals surface area contributed by atoms with Gasteiger partial charge in [-0.1, -0.05) is 198 Å². The summed E-state index contributed by atoms with van der Waals surface area (Å²) in [6.45, 7) is 0. The van der Waals surface area contributed by atoms with Crippen molar-refractivity contribution in [3.05, 3.63) is 0 Å². The van der Waals surface area contributed by atoms with Crippen molar-refractivity contribution in [1.29, 1.82) is 0 Å². The highest BCUT2D eigenvalue weighted by molar-refractivity contribution is 9.39. The van der Waals surface area contributed by atoms with E-state index in [2.05, 4.69) is 95.6 Å². The standard InChI is InChI=1S/C20H36Br6/c21-19(22,23)17-15-13-11-9-7-5-3-1-2-4-6-8-10-12-14-16-18-20(24,25)26/h1-18H2. The summed E-state index contributed by atoms with van der Waals surface area (Å²) in [6.07, 6.45) is 24.7. The fourth-order valence-electron chi connectivity index (χ4n) is 3.13. The maximum Gasteiger partial charge on any atom is 0.135 e. The molecule has 0 N–H and O–H groups in total. The van der Waals surface area contributed by atoms with Crippen LogP contribution in [0.2, 0.25) is 0 Å². The molecule has 0 aromatic heterocycles. The number of alkyl halides is 6. The van der Waals surface area contributed by atoms with E-state index < -0.39 is 0 Å². The molecule has 0 nitrogen and oxygen atoms in total. The molecule has 0 aliphatic rings. The minimum atomic E-state index is -0.0336. The summed E-state index contributed by atoms with van der Waals surface area (Å²) in [6, 6.07) is 0. The Balaban J connectivity index is 3.07. The van der Waals surface area contributed by atoms with Crippen LogP contribution in [-0.2, 0) is 0 Å². The van der Waals surface area contributed by atoms with Crippen LogP contribution < -0.4 is 0 Å². The van der Waals surface area contributed by atoms with Crippen LogP contribution in [-0.4, -0.2) is 4.29 Å². The van der Waals surface area contributed by atoms with Crippen LogP contribution in [0.5, 0.6) is 0 Å². The minimum Gasteiger partial charge on any atom is -0.0599 e. The molecule has 0 atom stereocenters. The third-order valence-electron chi connectivity index (χ3n) is 4.67. The molecule has 0 fully saturated rings. The van der Waals surface area contributed by atoms with Gasteiger partial charge in [0.05, 0.1) is 0 Å². The highest BCUT2D eigenvalue weighted by atomic mass is 80.0. The van der Waals surface area contributed by atoms with Crippen molar-refractivity contribution in [1.82, 2.24) is 0 Å². The fraction of sp³-hybridized carbons (Fsp3) is 1.00. The molecule has 0 saturated carbocycles. The summed E-state index contributed by atoms with van der Waals surface area (Å²) in [7, 11) is 0. The van der Waals surface area contributed by atoms with Crippen molar-refractivity contribution in [3.8, 4) is 0 Å². The first-order valence-corrected chi connectivity index (χ1v) is 15.1. The average molecular weight is 756 g/mol. The monoisotopic (exact) mass is 750 g/mol. The molecule has 0 aromatic carbocycles. The van der Waals surface area contributed by atoms with Crippen LogP contribution in [0.3, 0.4) is 0 Å². The normalized spacial score (nSPS) is 12.7. The second kappa shape index (κ2) is 18.6. The van der Waals surface area contributed by atoms with Crippen LogP contribution in [0, 0.1) is 0 Å². The first kappa shape index (κ1) is 28.9. The van der Waals surface area contributed by atoms with E-state index in [4.69, 9.17) is 0 Å². The Bertz CT molecular complexity index is 266. The zero-order valence-electron chi connectivity index (χ0n) is 16.0. The maximum atomic E-state index is 3.56. The number of hydrogen-bond donors (Lipinski definition) is 0. The number of halogens is 6. The molecule has 0 bridgehead atoms. The molecule has 0 aromatic rings. The van der Waals surface area contributed by atoms with Gasteiger partial charge >= 0.3 is 0 Å². The molecule has 0 radical (unpaired) electrons. The Morgan fingerprint density at radius 3 is 0.577 bits per heavy atom. The van der Waals surface area contributed by atoms with Crippen molar-refractivity contribution >= 4 is 95.6 Å². The first-order valence-electron chi connectivity index (χ1n) is 10.3. The SMILES string of the molecule is BrC(Br)(Br)CCCCCCCCCCCCCCCCCCC(Br)(Br)Br. The number of unbranched alkanes of at least 4 members (excludes halogenated alkanes) is 15. The van der Waals surface area contributed by atoms with Crippen molar-refractivity contribution in [2.24, 2.45) is 0 Å². The zero-order valence-corrected chi connectivity index (χ0v) is 25.5. The highest BCUT2D eigenvalue weighted by Gasteiger charge is 2.16. The van der Waals surface area contributed by atoms with Crippen LogP contribution in [0.25, 0.3) is 0 Å². The van der Waals surface area contributed by atoms with E-state index in [-0.39, 0.29) is 4.29 Å². The average Bonchev–Trinajstić information content (AvgIpc) is 2.51. The lowest BCUT2D eigenvalue weighted by molar-refractivity contribution is 0.526. The molecule has 0 unspecified atom stereocenters. The Kier molecular flexibility index (Phi) is 20.7. The zero-order chi connectivity index (χ0) is 19.7. The van der Waals surface area contributed by atoms with Crippen LogP contribution >= 0.6 is 95.6 Å². The molecule has 26 heavy (non-hydrogen) atoms. The molecule has 0 saturated heterocycles. The van der Waals surface area contributed by atoms with Gasteiger partial charge in [0.15, 0.2) is 0 Å². The van der Waals surface area contributed by atoms with E-state index in [0.717, 1.165) is 12.8 Å². The van der Waals surface area contributed by atoms with E-state index >= 15 is 0 Å². The van der Waals surface area contributed by atoms with Crippen LogP contribution in [0.4, 0.5) is 0 Å². The minimum absolute atomic E-state index is 0.0336. The number of rotatable bonds is 17. The van der Waals surface area contributed by atoms with Gasteiger partial charge in [0.1, 0.15) is 4.29 Å². The Hall–Kier alpha value is 2.88. The Morgan fingerprint density at radius 1 is 0.269 bits per heavy atom. The lowest BCUT2D eigenvalue weighted by Crippen LogP contribution is -1.98. The van der Waals surface area contributed by atoms with Crippen molar-refractivity contribution < 1.29 is 0 Å². The molecule has 0 rings (SSSR count). The van der Waals surface area contributed by atoms with E-state index in [9.17, 15) is 0 Å². The summed E-state index contributed by atoms with van der Waals surface area (Å²) in [5.74, 6) is 0. The quantitative estimate of drug-likeness (QED) is 0.102. The predicted octanol–water partition coefficient (Wildman–Crippen LogP) is 11.7. The molecule has 6 heteroatoms. The van der Waals surface area contributed by atoms with Gasteiger partial charge in [-0.25, -0.2) is 0 Å². The van der Waals surface area contributed by atoms with Crippen molar-refractivity contribution in [2.75, 3.05) is 0 Å². The molecular formula is C20H36Br6. The number of hydrogen-bond acceptors (Lipinski definition) is 0. The summed E-state index contributed by atoms with van der Waals surface area (Å²) >= 11 is 21.4. The van der Waals surface area contributed by atoms with Gasteiger partial charge in [-0.2, -0.15) is 0 Å². The Morgan fingerprint density at radius 2 is 0.423 bits per heavy atom. The van der Waals surface area contributed by atoms with Crippen molar-refractivity contribution in [2.45, 2.75) is 120 Å². The lowest BCUT2D eigenvalue weighted by Gasteiger charge is -2.11. The topological polar surface area (TPSA) is 0 Å². The van der Waals surface area contributed by atoms with Crippen LogP contribution in [0.15, 0.2) is 0 Å². The van der Waals surface area contributed by atoms with Gasteiger partial charge in [0.2, 0.25) is 0 Å². The van der Waals surface area contributed by atoms with Gasteiger partial charge < -0.3 is 0 Å². The fourth-order valence-corrected chi connectivity index (χ4v) is 4.81.